The molecule has 0 aliphatic heterocycles. The van der Waals surface area contributed by atoms with Gasteiger partial charge in [-0.2, -0.15) is 4.98 Å². The number of hydrogen-bond acceptors (Lipinski definition) is 5. The normalized spacial score (nSPS) is 10.8. The molecule has 0 unspecified atom stereocenters. The molecule has 0 atom stereocenters. The molecule has 0 saturated carbocycles. The minimum Gasteiger partial charge on any atom is -0.338 e. The van der Waals surface area contributed by atoms with Crippen LogP contribution >= 0.6 is 0 Å². The van der Waals surface area contributed by atoms with Gasteiger partial charge in [-0.05, 0) is 26.1 Å². The summed E-state index contributed by atoms with van der Waals surface area (Å²) in [5.74, 6) is 0.937. The van der Waals surface area contributed by atoms with E-state index in [1.807, 2.05) is 73.5 Å². The Hall–Kier alpha value is -2.99. The first-order chi connectivity index (χ1) is 12.1. The Labute approximate surface area is 146 Å². The van der Waals surface area contributed by atoms with Crippen LogP contribution in [0.5, 0.6) is 0 Å². The van der Waals surface area contributed by atoms with Crippen molar-refractivity contribution in [2.24, 2.45) is 0 Å². The van der Waals surface area contributed by atoms with Crippen molar-refractivity contribution < 1.29 is 9.32 Å². The van der Waals surface area contributed by atoms with Crippen LogP contribution in [0.25, 0.3) is 11.4 Å². The van der Waals surface area contributed by atoms with Crippen LogP contribution < -0.4 is 5.32 Å². The van der Waals surface area contributed by atoms with E-state index in [0.717, 1.165) is 16.8 Å². The number of benzene rings is 2. The summed E-state index contributed by atoms with van der Waals surface area (Å²) >= 11 is 0. The van der Waals surface area contributed by atoms with Crippen molar-refractivity contribution >= 4 is 11.6 Å². The quantitative estimate of drug-likeness (QED) is 0.749. The Kier molecular flexibility index (Phi) is 5.20. The summed E-state index contributed by atoms with van der Waals surface area (Å²) in [7, 11) is 1.83. The van der Waals surface area contributed by atoms with Gasteiger partial charge >= 0.3 is 0 Å². The lowest BCUT2D eigenvalue weighted by molar-refractivity contribution is -0.117. The van der Waals surface area contributed by atoms with E-state index in [0.29, 0.717) is 18.3 Å². The van der Waals surface area contributed by atoms with Crippen LogP contribution in [0.3, 0.4) is 0 Å². The van der Waals surface area contributed by atoms with E-state index in [1.54, 1.807) is 0 Å². The molecule has 1 N–H and O–H groups in total. The van der Waals surface area contributed by atoms with Gasteiger partial charge in [0.15, 0.2) is 0 Å². The maximum Gasteiger partial charge on any atom is 0.241 e. The number of aromatic nitrogens is 2. The maximum atomic E-state index is 12.1. The molecule has 1 heterocycles. The molecule has 3 aromatic rings. The number of nitrogens with zero attached hydrogens (tertiary/aromatic N) is 3. The molecular weight excluding hydrogens is 316 g/mol. The fourth-order valence-electron chi connectivity index (χ4n) is 2.39. The molecule has 0 aliphatic rings. The monoisotopic (exact) mass is 336 g/mol. The second kappa shape index (κ2) is 7.72. The third-order valence-electron chi connectivity index (χ3n) is 3.65. The highest BCUT2D eigenvalue weighted by atomic mass is 16.5. The summed E-state index contributed by atoms with van der Waals surface area (Å²) in [6.07, 6.45) is 0. The lowest BCUT2D eigenvalue weighted by Gasteiger charge is -2.13. The van der Waals surface area contributed by atoms with Crippen LogP contribution in [0.15, 0.2) is 59.1 Å². The average Bonchev–Trinajstić information content (AvgIpc) is 3.06. The fourth-order valence-corrected chi connectivity index (χ4v) is 2.39. The number of carbonyl (C=O) groups is 1. The predicted octanol–water partition coefficient (Wildman–Crippen LogP) is 3.12. The first-order valence-corrected chi connectivity index (χ1v) is 8.03. The highest BCUT2D eigenvalue weighted by molar-refractivity contribution is 5.92. The van der Waals surface area contributed by atoms with E-state index in [2.05, 4.69) is 15.5 Å². The van der Waals surface area contributed by atoms with E-state index in [9.17, 15) is 4.79 Å². The predicted molar refractivity (Wildman–Crippen MR) is 95.9 cm³/mol. The Morgan fingerprint density at radius 2 is 1.84 bits per heavy atom. The molecule has 6 heteroatoms. The second-order valence-electron chi connectivity index (χ2n) is 5.96. The van der Waals surface area contributed by atoms with Crippen LogP contribution in [-0.2, 0) is 11.3 Å². The number of aryl methyl sites for hydroxylation is 1. The van der Waals surface area contributed by atoms with Crippen LogP contribution in [0.2, 0.25) is 0 Å². The summed E-state index contributed by atoms with van der Waals surface area (Å²) in [6.45, 7) is 2.64. The van der Waals surface area contributed by atoms with Crippen molar-refractivity contribution in [2.45, 2.75) is 13.5 Å². The van der Waals surface area contributed by atoms with Gasteiger partial charge in [0.1, 0.15) is 0 Å². The van der Waals surface area contributed by atoms with Gasteiger partial charge in [0.05, 0.1) is 13.1 Å². The Balaban J connectivity index is 1.54. The number of hydrogen-bond donors (Lipinski definition) is 1. The van der Waals surface area contributed by atoms with Crippen molar-refractivity contribution in [2.75, 3.05) is 18.9 Å². The Bertz CT molecular complexity index is 828. The fraction of sp³-hybridized carbons (Fsp3) is 0.211. The van der Waals surface area contributed by atoms with Crippen molar-refractivity contribution in [3.63, 3.8) is 0 Å². The van der Waals surface area contributed by atoms with Crippen molar-refractivity contribution in [3.8, 4) is 11.4 Å². The van der Waals surface area contributed by atoms with E-state index < -0.39 is 0 Å². The molecule has 3 rings (SSSR count). The minimum absolute atomic E-state index is 0.0887. The van der Waals surface area contributed by atoms with E-state index in [1.165, 1.54) is 0 Å². The Morgan fingerprint density at radius 3 is 2.56 bits per heavy atom. The highest BCUT2D eigenvalue weighted by Crippen LogP contribution is 2.15. The van der Waals surface area contributed by atoms with Gasteiger partial charge < -0.3 is 9.84 Å². The number of anilines is 1. The first kappa shape index (κ1) is 16.9. The van der Waals surface area contributed by atoms with Gasteiger partial charge in [-0.3, -0.25) is 9.69 Å². The summed E-state index contributed by atoms with van der Waals surface area (Å²) in [6, 6.07) is 17.3. The average molecular weight is 336 g/mol. The maximum absolute atomic E-state index is 12.1. The van der Waals surface area contributed by atoms with Gasteiger partial charge in [0.25, 0.3) is 0 Å². The minimum atomic E-state index is -0.0887. The third-order valence-corrected chi connectivity index (χ3v) is 3.65. The number of likely N-dealkylation sites (N-methyl/N-ethyl adjacent to an activating group) is 1. The van der Waals surface area contributed by atoms with Crippen LogP contribution in [0, 0.1) is 6.92 Å². The standard InChI is InChI=1S/C19H20N4O2/c1-14-8-10-16(11-9-14)20-17(24)12-23(2)13-18-21-19(22-25-18)15-6-4-3-5-7-15/h3-11H,12-13H2,1-2H3,(H,20,24). The van der Waals surface area contributed by atoms with Gasteiger partial charge in [-0.25, -0.2) is 0 Å². The van der Waals surface area contributed by atoms with Crippen LogP contribution in [0.1, 0.15) is 11.5 Å². The number of rotatable bonds is 6. The zero-order chi connectivity index (χ0) is 17.6. The van der Waals surface area contributed by atoms with E-state index in [-0.39, 0.29) is 12.5 Å². The molecule has 0 spiro atoms. The molecule has 0 bridgehead atoms. The molecule has 1 aromatic heterocycles. The number of amides is 1. The van der Waals surface area contributed by atoms with Crippen LogP contribution in [-0.4, -0.2) is 34.5 Å². The SMILES string of the molecule is Cc1ccc(NC(=O)CN(C)Cc2nc(-c3ccccc3)no2)cc1. The smallest absolute Gasteiger partial charge is 0.241 e. The lowest BCUT2D eigenvalue weighted by atomic mass is 10.2. The first-order valence-electron chi connectivity index (χ1n) is 8.03. The molecule has 25 heavy (non-hydrogen) atoms. The number of nitrogens with one attached hydrogen (secondary N) is 1. The molecule has 6 nitrogen and oxygen atoms in total. The van der Waals surface area contributed by atoms with Gasteiger partial charge in [0.2, 0.25) is 17.6 Å². The zero-order valence-corrected chi connectivity index (χ0v) is 14.3. The van der Waals surface area contributed by atoms with Gasteiger partial charge in [-0.1, -0.05) is 53.2 Å². The zero-order valence-electron chi connectivity index (χ0n) is 14.3. The third kappa shape index (κ3) is 4.74. The van der Waals surface area contributed by atoms with E-state index >= 15 is 0 Å². The molecule has 0 fully saturated rings. The molecule has 2 aromatic carbocycles. The summed E-state index contributed by atoms with van der Waals surface area (Å²) < 4.78 is 5.27. The topological polar surface area (TPSA) is 71.3 Å². The van der Waals surface area contributed by atoms with Gasteiger partial charge in [-0.15, -0.1) is 0 Å². The molecule has 0 aliphatic carbocycles. The molecule has 1 amide bonds. The van der Waals surface area contributed by atoms with Crippen molar-refractivity contribution in [3.05, 3.63) is 66.1 Å². The summed E-state index contributed by atoms with van der Waals surface area (Å²) in [5.41, 5.74) is 2.84. The largest absolute Gasteiger partial charge is 0.338 e. The van der Waals surface area contributed by atoms with Crippen molar-refractivity contribution in [1.29, 1.82) is 0 Å². The van der Waals surface area contributed by atoms with Crippen LogP contribution in [0.4, 0.5) is 5.69 Å². The second-order valence-corrected chi connectivity index (χ2v) is 5.96. The van der Waals surface area contributed by atoms with E-state index in [4.69, 9.17) is 4.52 Å². The molecule has 128 valence electrons. The number of carbonyl (C=O) groups excluding carboxylic acids is 1. The molecule has 0 saturated heterocycles. The lowest BCUT2D eigenvalue weighted by Crippen LogP contribution is -2.29. The highest BCUT2D eigenvalue weighted by Gasteiger charge is 2.13. The summed E-state index contributed by atoms with van der Waals surface area (Å²) in [4.78, 5) is 18.3. The van der Waals surface area contributed by atoms with Gasteiger partial charge in [0, 0.05) is 11.3 Å². The van der Waals surface area contributed by atoms with Crippen molar-refractivity contribution in [1.82, 2.24) is 15.0 Å². The summed E-state index contributed by atoms with van der Waals surface area (Å²) in [5, 5.41) is 6.85. The molecule has 0 radical (unpaired) electrons. The molecular formula is C19H20N4O2. The Morgan fingerprint density at radius 1 is 1.12 bits per heavy atom.